The highest BCUT2D eigenvalue weighted by atomic mass is 16.5. The van der Waals surface area contributed by atoms with Crippen molar-refractivity contribution in [3.63, 3.8) is 0 Å². The van der Waals surface area contributed by atoms with Gasteiger partial charge >= 0.3 is 0 Å². The topological polar surface area (TPSA) is 30.5 Å². The Kier molecular flexibility index (Phi) is 6.15. The van der Waals surface area contributed by atoms with E-state index in [1.165, 1.54) is 0 Å². The first-order chi connectivity index (χ1) is 6.79. The number of nitrogens with one attached hydrogen (secondary N) is 1. The summed E-state index contributed by atoms with van der Waals surface area (Å²) in [5.41, 5.74) is 0. The lowest BCUT2D eigenvalue weighted by molar-refractivity contribution is -0.0116. The summed E-state index contributed by atoms with van der Waals surface area (Å²) in [4.78, 5) is 0. The minimum atomic E-state index is 0.457. The highest BCUT2D eigenvalue weighted by Crippen LogP contribution is 2.06. The molecule has 14 heavy (non-hydrogen) atoms. The van der Waals surface area contributed by atoms with E-state index >= 15 is 0 Å². The zero-order valence-electron chi connectivity index (χ0n) is 9.42. The Morgan fingerprint density at radius 2 is 1.93 bits per heavy atom. The molecule has 0 aliphatic carbocycles. The van der Waals surface area contributed by atoms with E-state index in [2.05, 4.69) is 19.2 Å². The third kappa shape index (κ3) is 5.58. The molecule has 0 bridgehead atoms. The van der Waals surface area contributed by atoms with Crippen molar-refractivity contribution in [3.8, 4) is 0 Å². The second-order valence-corrected chi connectivity index (χ2v) is 4.29. The van der Waals surface area contributed by atoms with Crippen LogP contribution < -0.4 is 5.32 Å². The fourth-order valence-electron chi connectivity index (χ4n) is 1.55. The van der Waals surface area contributed by atoms with Crippen LogP contribution in [0.5, 0.6) is 0 Å². The van der Waals surface area contributed by atoms with Crippen LogP contribution in [0, 0.1) is 5.92 Å². The molecule has 0 aromatic heterocycles. The van der Waals surface area contributed by atoms with Crippen LogP contribution in [0.4, 0.5) is 0 Å². The van der Waals surface area contributed by atoms with Crippen LogP contribution in [0.15, 0.2) is 0 Å². The smallest absolute Gasteiger partial charge is 0.0704 e. The molecule has 0 saturated carbocycles. The first-order valence-electron chi connectivity index (χ1n) is 5.69. The predicted octanol–water partition coefficient (Wildman–Crippen LogP) is 1.43. The zero-order valence-corrected chi connectivity index (χ0v) is 9.42. The molecule has 3 heteroatoms. The van der Waals surface area contributed by atoms with E-state index in [-0.39, 0.29) is 0 Å². The van der Waals surface area contributed by atoms with Gasteiger partial charge in [0.25, 0.3) is 0 Å². The summed E-state index contributed by atoms with van der Waals surface area (Å²) < 4.78 is 11.1. The molecule has 1 aliphatic rings. The number of piperidine rings is 1. The molecule has 3 nitrogen and oxygen atoms in total. The molecule has 0 atom stereocenters. The first kappa shape index (κ1) is 12.0. The van der Waals surface area contributed by atoms with Gasteiger partial charge in [-0.1, -0.05) is 13.8 Å². The Morgan fingerprint density at radius 3 is 2.57 bits per heavy atom. The Labute approximate surface area is 87.2 Å². The van der Waals surface area contributed by atoms with Crippen LogP contribution >= 0.6 is 0 Å². The molecule has 84 valence electrons. The van der Waals surface area contributed by atoms with E-state index in [4.69, 9.17) is 9.47 Å². The van der Waals surface area contributed by atoms with Crippen molar-refractivity contribution in [2.75, 3.05) is 32.9 Å². The van der Waals surface area contributed by atoms with Gasteiger partial charge in [-0.3, -0.25) is 0 Å². The zero-order chi connectivity index (χ0) is 10.2. The molecule has 0 amide bonds. The summed E-state index contributed by atoms with van der Waals surface area (Å²) in [6.07, 6.45) is 2.74. The van der Waals surface area contributed by atoms with E-state index in [0.717, 1.165) is 45.8 Å². The minimum absolute atomic E-state index is 0.457. The average Bonchev–Trinajstić information content (AvgIpc) is 2.18. The molecule has 1 fully saturated rings. The van der Waals surface area contributed by atoms with E-state index in [1.807, 2.05) is 0 Å². The quantitative estimate of drug-likeness (QED) is 0.659. The fourth-order valence-corrected chi connectivity index (χ4v) is 1.55. The van der Waals surface area contributed by atoms with Gasteiger partial charge in [0.05, 0.1) is 19.3 Å². The van der Waals surface area contributed by atoms with Crippen LogP contribution in [0.25, 0.3) is 0 Å². The Balaban J connectivity index is 1.87. The summed E-state index contributed by atoms with van der Waals surface area (Å²) in [6, 6.07) is 0. The van der Waals surface area contributed by atoms with Crippen molar-refractivity contribution < 1.29 is 9.47 Å². The number of hydrogen-bond acceptors (Lipinski definition) is 3. The summed E-state index contributed by atoms with van der Waals surface area (Å²) in [5.74, 6) is 0.619. The standard InChI is InChI=1S/C11H23NO2/c1-10(2)9-13-7-8-14-11-3-5-12-6-4-11/h10-12H,3-9H2,1-2H3. The Bertz CT molecular complexity index is 133. The largest absolute Gasteiger partial charge is 0.379 e. The summed E-state index contributed by atoms with van der Waals surface area (Å²) >= 11 is 0. The van der Waals surface area contributed by atoms with Crippen molar-refractivity contribution in [1.29, 1.82) is 0 Å². The third-order valence-electron chi connectivity index (χ3n) is 2.32. The van der Waals surface area contributed by atoms with Crippen LogP contribution in [0.1, 0.15) is 26.7 Å². The van der Waals surface area contributed by atoms with Crippen molar-refractivity contribution in [3.05, 3.63) is 0 Å². The second kappa shape index (κ2) is 7.21. The lowest BCUT2D eigenvalue weighted by atomic mass is 10.1. The molecule has 1 rings (SSSR count). The van der Waals surface area contributed by atoms with Gasteiger partial charge in [-0.2, -0.15) is 0 Å². The van der Waals surface area contributed by atoms with Crippen LogP contribution in [-0.2, 0) is 9.47 Å². The first-order valence-corrected chi connectivity index (χ1v) is 5.69. The Morgan fingerprint density at radius 1 is 1.21 bits per heavy atom. The van der Waals surface area contributed by atoms with Gasteiger partial charge < -0.3 is 14.8 Å². The molecular weight excluding hydrogens is 178 g/mol. The van der Waals surface area contributed by atoms with Crippen LogP contribution in [-0.4, -0.2) is 39.0 Å². The molecule has 1 heterocycles. The van der Waals surface area contributed by atoms with Gasteiger partial charge in [-0.15, -0.1) is 0 Å². The summed E-state index contributed by atoms with van der Waals surface area (Å²) in [5, 5.41) is 3.32. The van der Waals surface area contributed by atoms with Gasteiger partial charge in [-0.25, -0.2) is 0 Å². The van der Waals surface area contributed by atoms with E-state index in [1.54, 1.807) is 0 Å². The highest BCUT2D eigenvalue weighted by molar-refractivity contribution is 4.67. The van der Waals surface area contributed by atoms with E-state index < -0.39 is 0 Å². The molecule has 1 saturated heterocycles. The van der Waals surface area contributed by atoms with Gasteiger partial charge in [0.15, 0.2) is 0 Å². The van der Waals surface area contributed by atoms with Crippen molar-refractivity contribution in [1.82, 2.24) is 5.32 Å². The summed E-state index contributed by atoms with van der Waals surface area (Å²) in [6.45, 7) is 8.84. The van der Waals surface area contributed by atoms with E-state index in [9.17, 15) is 0 Å². The molecule has 0 radical (unpaired) electrons. The van der Waals surface area contributed by atoms with Gasteiger partial charge in [0.2, 0.25) is 0 Å². The van der Waals surface area contributed by atoms with Crippen molar-refractivity contribution in [2.24, 2.45) is 5.92 Å². The van der Waals surface area contributed by atoms with Gasteiger partial charge in [0, 0.05) is 6.61 Å². The molecule has 0 unspecified atom stereocenters. The fraction of sp³-hybridized carbons (Fsp3) is 1.00. The lowest BCUT2D eigenvalue weighted by Gasteiger charge is -2.22. The number of hydrogen-bond donors (Lipinski definition) is 1. The lowest BCUT2D eigenvalue weighted by Crippen LogP contribution is -2.33. The number of rotatable bonds is 6. The average molecular weight is 201 g/mol. The molecule has 1 aliphatic heterocycles. The SMILES string of the molecule is CC(C)COCCOC1CCNCC1. The minimum Gasteiger partial charge on any atom is -0.379 e. The maximum Gasteiger partial charge on any atom is 0.0704 e. The maximum atomic E-state index is 5.70. The molecule has 1 N–H and O–H groups in total. The summed E-state index contributed by atoms with van der Waals surface area (Å²) in [7, 11) is 0. The second-order valence-electron chi connectivity index (χ2n) is 4.29. The van der Waals surface area contributed by atoms with Crippen LogP contribution in [0.3, 0.4) is 0 Å². The van der Waals surface area contributed by atoms with Gasteiger partial charge in [0.1, 0.15) is 0 Å². The number of ether oxygens (including phenoxy) is 2. The third-order valence-corrected chi connectivity index (χ3v) is 2.32. The van der Waals surface area contributed by atoms with Gasteiger partial charge in [-0.05, 0) is 31.8 Å². The maximum absolute atomic E-state index is 5.70. The van der Waals surface area contributed by atoms with Crippen molar-refractivity contribution >= 4 is 0 Å². The molecule has 0 aromatic rings. The Hall–Kier alpha value is -0.120. The van der Waals surface area contributed by atoms with Crippen LogP contribution in [0.2, 0.25) is 0 Å². The van der Waals surface area contributed by atoms with Crippen molar-refractivity contribution in [2.45, 2.75) is 32.8 Å². The van der Waals surface area contributed by atoms with E-state index in [0.29, 0.717) is 12.0 Å². The monoisotopic (exact) mass is 201 g/mol. The molecule has 0 spiro atoms. The molecule has 0 aromatic carbocycles. The molecular formula is C11H23NO2. The highest BCUT2D eigenvalue weighted by Gasteiger charge is 2.12. The predicted molar refractivity (Wildman–Crippen MR) is 57.5 cm³/mol. The normalized spacial score (nSPS) is 19.1.